The summed E-state index contributed by atoms with van der Waals surface area (Å²) in [5.41, 5.74) is 2.72. The van der Waals surface area contributed by atoms with E-state index in [2.05, 4.69) is 22.0 Å². The number of aliphatic hydroxyl groups excluding tert-OH is 1. The van der Waals surface area contributed by atoms with Gasteiger partial charge >= 0.3 is 0 Å². The molecule has 10 heteroatoms. The van der Waals surface area contributed by atoms with E-state index in [0.29, 0.717) is 51.4 Å². The predicted molar refractivity (Wildman–Crippen MR) is 135 cm³/mol. The van der Waals surface area contributed by atoms with Crippen molar-refractivity contribution in [1.29, 1.82) is 0 Å². The molecule has 7 nitrogen and oxygen atoms in total. The monoisotopic (exact) mass is 498 g/mol. The molecule has 1 amide bonds. The number of carbonyl (C=O) groups is 1. The van der Waals surface area contributed by atoms with Crippen LogP contribution in [-0.4, -0.2) is 53.7 Å². The van der Waals surface area contributed by atoms with Gasteiger partial charge in [0.1, 0.15) is 16.3 Å². The number of benzene rings is 2. The first-order valence-corrected chi connectivity index (χ1v) is 12.2. The van der Waals surface area contributed by atoms with Crippen LogP contribution in [0.2, 0.25) is 0 Å². The van der Waals surface area contributed by atoms with Gasteiger partial charge in [-0.25, -0.2) is 9.37 Å². The van der Waals surface area contributed by atoms with Crippen molar-refractivity contribution < 1.29 is 18.7 Å². The number of hydrogen-bond acceptors (Lipinski definition) is 8. The van der Waals surface area contributed by atoms with Crippen molar-refractivity contribution in [3.8, 4) is 0 Å². The van der Waals surface area contributed by atoms with E-state index in [-0.39, 0.29) is 18.3 Å². The van der Waals surface area contributed by atoms with Crippen molar-refractivity contribution >= 4 is 57.5 Å². The number of rotatable bonds is 10. The minimum Gasteiger partial charge on any atom is -0.440 e. The summed E-state index contributed by atoms with van der Waals surface area (Å²) in [6.07, 6.45) is 0.442. The topological polar surface area (TPSA) is 91.0 Å². The smallest absolute Gasteiger partial charge is 0.265 e. The zero-order chi connectivity index (χ0) is 24.1. The number of likely N-dealkylation sites (N-methyl/N-ethyl adjacent to an activating group) is 1. The first-order chi connectivity index (χ1) is 16.4. The Labute approximate surface area is 204 Å². The third-order valence-electron chi connectivity index (χ3n) is 4.93. The van der Waals surface area contributed by atoms with Gasteiger partial charge in [0.05, 0.1) is 11.5 Å². The number of carbonyl (C=O) groups excluding carboxylic acids is 1. The second-order valence-corrected chi connectivity index (χ2v) is 9.58. The largest absolute Gasteiger partial charge is 0.440 e. The molecule has 0 aliphatic carbocycles. The van der Waals surface area contributed by atoms with E-state index in [4.69, 9.17) is 9.52 Å². The number of aromatic nitrogens is 1. The van der Waals surface area contributed by atoms with Crippen LogP contribution in [-0.2, 0) is 6.42 Å². The molecule has 4 rings (SSSR count). The van der Waals surface area contributed by atoms with E-state index in [9.17, 15) is 9.18 Å². The molecule has 0 aliphatic rings. The highest BCUT2D eigenvalue weighted by molar-refractivity contribution is 7.99. The number of anilines is 1. The lowest BCUT2D eigenvalue weighted by atomic mass is 10.1. The van der Waals surface area contributed by atoms with Crippen LogP contribution in [0.15, 0.2) is 62.8 Å². The molecule has 34 heavy (non-hydrogen) atoms. The van der Waals surface area contributed by atoms with Crippen molar-refractivity contribution in [3.05, 3.63) is 70.7 Å². The van der Waals surface area contributed by atoms with Gasteiger partial charge in [-0.15, -0.1) is 23.1 Å². The van der Waals surface area contributed by atoms with Gasteiger partial charge in [0, 0.05) is 29.4 Å². The Morgan fingerprint density at radius 1 is 1.29 bits per heavy atom. The molecular formula is C24H23FN4O3S2. The number of fused-ring (bicyclic) bond motifs is 1. The number of aliphatic imine (C=N–C) groups is 1. The van der Waals surface area contributed by atoms with Crippen LogP contribution in [0, 0.1) is 5.82 Å². The molecule has 2 N–H and O–H groups in total. The van der Waals surface area contributed by atoms with E-state index in [1.165, 1.54) is 35.2 Å². The third kappa shape index (κ3) is 5.89. The maximum atomic E-state index is 13.1. The van der Waals surface area contributed by atoms with Crippen molar-refractivity contribution in [3.63, 3.8) is 0 Å². The maximum Gasteiger partial charge on any atom is 0.265 e. The van der Waals surface area contributed by atoms with Gasteiger partial charge < -0.3 is 14.8 Å². The fraction of sp³-hybridized carbons (Fsp3) is 0.208. The van der Waals surface area contributed by atoms with Crippen LogP contribution < -0.4 is 5.32 Å². The number of oxazole rings is 1. The lowest BCUT2D eigenvalue weighted by molar-refractivity contribution is 0.103. The maximum absolute atomic E-state index is 13.1. The summed E-state index contributed by atoms with van der Waals surface area (Å²) >= 11 is 2.81. The molecular weight excluding hydrogens is 475 g/mol. The molecule has 2 aromatic carbocycles. The average molecular weight is 499 g/mol. The summed E-state index contributed by atoms with van der Waals surface area (Å²) in [4.78, 5) is 24.8. The van der Waals surface area contributed by atoms with Crippen molar-refractivity contribution in [1.82, 2.24) is 9.88 Å². The number of amides is 1. The lowest BCUT2D eigenvalue weighted by Crippen LogP contribution is -2.21. The molecule has 0 radical (unpaired) electrons. The summed E-state index contributed by atoms with van der Waals surface area (Å²) in [6.45, 7) is 4.26. The average Bonchev–Trinajstić information content (AvgIpc) is 3.42. The Hall–Kier alpha value is -3.05. The van der Waals surface area contributed by atoms with Gasteiger partial charge in [-0.1, -0.05) is 12.1 Å². The zero-order valence-electron chi connectivity index (χ0n) is 18.5. The van der Waals surface area contributed by atoms with Crippen LogP contribution in [0.1, 0.15) is 21.1 Å². The van der Waals surface area contributed by atoms with Crippen LogP contribution in [0.3, 0.4) is 0 Å². The highest BCUT2D eigenvalue weighted by Gasteiger charge is 2.16. The molecule has 0 aliphatic heterocycles. The van der Waals surface area contributed by atoms with E-state index in [1.54, 1.807) is 36.4 Å². The predicted octanol–water partition coefficient (Wildman–Crippen LogP) is 5.18. The minimum absolute atomic E-state index is 0.0878. The Morgan fingerprint density at radius 3 is 2.82 bits per heavy atom. The lowest BCUT2D eigenvalue weighted by Gasteiger charge is -2.13. The summed E-state index contributed by atoms with van der Waals surface area (Å²) in [6, 6.07) is 13.3. The molecule has 0 saturated heterocycles. The van der Waals surface area contributed by atoms with Crippen molar-refractivity contribution in [2.24, 2.45) is 4.99 Å². The number of aliphatic hydroxyl groups is 1. The van der Waals surface area contributed by atoms with Crippen molar-refractivity contribution in [2.75, 3.05) is 31.4 Å². The summed E-state index contributed by atoms with van der Waals surface area (Å²) in [7, 11) is 1.91. The summed E-state index contributed by atoms with van der Waals surface area (Å²) in [5.74, 6) is 0.630. The number of hydrogen-bond donors (Lipinski definition) is 2. The number of thiophene rings is 1. The molecule has 0 unspecified atom stereocenters. The second-order valence-electron chi connectivity index (χ2n) is 7.56. The zero-order valence-corrected chi connectivity index (χ0v) is 20.1. The van der Waals surface area contributed by atoms with Gasteiger partial charge in [-0.2, -0.15) is 0 Å². The van der Waals surface area contributed by atoms with Gasteiger partial charge in [-0.3, -0.25) is 14.7 Å². The Balaban J connectivity index is 1.45. The molecule has 0 saturated carbocycles. The highest BCUT2D eigenvalue weighted by Crippen LogP contribution is 2.38. The molecule has 0 atom stereocenters. The van der Waals surface area contributed by atoms with Crippen LogP contribution in [0.25, 0.3) is 11.1 Å². The first-order valence-electron chi connectivity index (χ1n) is 10.4. The molecule has 176 valence electrons. The standard InChI is InChI=1S/C24H23FN4O3S2/c1-26-24-21(33-14-29(2)9-10-30)13-20(34-24)23(31)27-17-7-8-19-18(12-17)28-22(32-19)11-15-3-5-16(25)6-4-15/h3-8,12-13,30H,1,9-11,14H2,2H3,(H,27,31). The first kappa shape index (κ1) is 24.1. The number of thioether (sulfide) groups is 1. The quantitative estimate of drug-likeness (QED) is 0.178. The molecule has 4 aromatic rings. The minimum atomic E-state index is -0.289. The van der Waals surface area contributed by atoms with Crippen molar-refractivity contribution in [2.45, 2.75) is 11.3 Å². The Kier molecular flexibility index (Phi) is 7.73. The van der Waals surface area contributed by atoms with E-state index in [1.807, 2.05) is 11.9 Å². The van der Waals surface area contributed by atoms with Crippen LogP contribution in [0.4, 0.5) is 15.1 Å². The fourth-order valence-corrected chi connectivity index (χ4v) is 5.21. The fourth-order valence-electron chi connectivity index (χ4n) is 3.20. The van der Waals surface area contributed by atoms with Gasteiger partial charge in [0.15, 0.2) is 11.5 Å². The molecule has 0 spiro atoms. The second kappa shape index (κ2) is 10.9. The number of nitrogens with one attached hydrogen (secondary N) is 1. The molecule has 2 heterocycles. The van der Waals surface area contributed by atoms with Crippen LogP contribution in [0.5, 0.6) is 0 Å². The highest BCUT2D eigenvalue weighted by atomic mass is 32.2. The Bertz CT molecular complexity index is 1300. The molecule has 0 fully saturated rings. The van der Waals surface area contributed by atoms with Gasteiger partial charge in [0.25, 0.3) is 5.91 Å². The molecule has 2 aromatic heterocycles. The van der Waals surface area contributed by atoms with E-state index >= 15 is 0 Å². The van der Waals surface area contributed by atoms with Crippen LogP contribution >= 0.6 is 23.1 Å². The van der Waals surface area contributed by atoms with E-state index < -0.39 is 0 Å². The Morgan fingerprint density at radius 2 is 2.09 bits per heavy atom. The number of nitrogens with zero attached hydrogens (tertiary/aromatic N) is 3. The summed E-state index contributed by atoms with van der Waals surface area (Å²) < 4.78 is 18.9. The number of halogens is 1. The van der Waals surface area contributed by atoms with Gasteiger partial charge in [-0.05, 0) is 55.7 Å². The normalized spacial score (nSPS) is 11.3. The van der Waals surface area contributed by atoms with Gasteiger partial charge in [0.2, 0.25) is 0 Å². The third-order valence-corrected chi connectivity index (χ3v) is 7.31. The molecule has 0 bridgehead atoms. The van der Waals surface area contributed by atoms with E-state index in [0.717, 1.165) is 10.5 Å². The summed E-state index contributed by atoms with van der Waals surface area (Å²) in [5, 5.41) is 12.6. The SMILES string of the molecule is C=Nc1sc(C(=O)Nc2ccc3oc(Cc4ccc(F)cc4)nc3c2)cc1SCN(C)CCO.